The molecule has 2 heterocycles. The van der Waals surface area contributed by atoms with Gasteiger partial charge in [-0.25, -0.2) is 13.2 Å². The Balaban J connectivity index is 1.47. The van der Waals surface area contributed by atoms with E-state index in [-0.39, 0.29) is 17.3 Å². The van der Waals surface area contributed by atoms with Gasteiger partial charge in [-0.3, -0.25) is 4.90 Å². The van der Waals surface area contributed by atoms with Crippen LogP contribution in [0.5, 0.6) is 0 Å². The third-order valence-electron chi connectivity index (χ3n) is 5.48. The SMILES string of the molecule is CS(=O)(=O)C1CCC(NC(=O)N2CCN3CCCC3C2)CC1. The molecular weight excluding hydrogens is 302 g/mol. The van der Waals surface area contributed by atoms with Crippen LogP contribution in [0.25, 0.3) is 0 Å². The Morgan fingerprint density at radius 1 is 1.05 bits per heavy atom. The summed E-state index contributed by atoms with van der Waals surface area (Å²) in [4.78, 5) is 16.8. The molecule has 3 aliphatic rings. The lowest BCUT2D eigenvalue weighted by atomic mass is 9.95. The summed E-state index contributed by atoms with van der Waals surface area (Å²) >= 11 is 0. The average molecular weight is 329 g/mol. The van der Waals surface area contributed by atoms with Crippen molar-refractivity contribution in [3.63, 3.8) is 0 Å². The molecule has 0 aromatic heterocycles. The van der Waals surface area contributed by atoms with Gasteiger partial charge in [0.2, 0.25) is 0 Å². The molecule has 1 aliphatic carbocycles. The minimum Gasteiger partial charge on any atom is -0.335 e. The Kier molecular flexibility index (Phi) is 4.64. The van der Waals surface area contributed by atoms with Crippen LogP contribution >= 0.6 is 0 Å². The summed E-state index contributed by atoms with van der Waals surface area (Å²) in [5, 5.41) is 2.89. The third kappa shape index (κ3) is 3.56. The Labute approximate surface area is 133 Å². The maximum absolute atomic E-state index is 12.4. The molecule has 1 saturated carbocycles. The second-order valence-corrected chi connectivity index (χ2v) is 9.36. The van der Waals surface area contributed by atoms with Gasteiger partial charge in [0, 0.05) is 38.0 Å². The predicted octanol–water partition coefficient (Wildman–Crippen LogP) is 0.832. The van der Waals surface area contributed by atoms with Crippen LogP contribution in [0.3, 0.4) is 0 Å². The molecule has 1 N–H and O–H groups in total. The smallest absolute Gasteiger partial charge is 0.317 e. The molecule has 126 valence electrons. The summed E-state index contributed by atoms with van der Waals surface area (Å²) in [6, 6.07) is 0.710. The summed E-state index contributed by atoms with van der Waals surface area (Å²) in [5.41, 5.74) is 0. The monoisotopic (exact) mass is 329 g/mol. The van der Waals surface area contributed by atoms with E-state index in [9.17, 15) is 13.2 Å². The lowest BCUT2D eigenvalue weighted by Gasteiger charge is -2.38. The van der Waals surface area contributed by atoms with Gasteiger partial charge in [-0.15, -0.1) is 0 Å². The normalized spacial score (nSPS) is 33.5. The number of amides is 2. The molecule has 0 aromatic carbocycles. The number of hydrogen-bond acceptors (Lipinski definition) is 4. The molecule has 3 rings (SSSR count). The Bertz CT molecular complexity index is 514. The van der Waals surface area contributed by atoms with Crippen molar-refractivity contribution < 1.29 is 13.2 Å². The van der Waals surface area contributed by atoms with Gasteiger partial charge in [-0.2, -0.15) is 0 Å². The lowest BCUT2D eigenvalue weighted by Crippen LogP contribution is -2.56. The third-order valence-corrected chi connectivity index (χ3v) is 7.16. The van der Waals surface area contributed by atoms with E-state index in [2.05, 4.69) is 10.2 Å². The molecular formula is C15H27N3O3S. The van der Waals surface area contributed by atoms with E-state index in [0.29, 0.717) is 18.9 Å². The second-order valence-electron chi connectivity index (χ2n) is 7.03. The van der Waals surface area contributed by atoms with E-state index >= 15 is 0 Å². The highest BCUT2D eigenvalue weighted by Crippen LogP contribution is 2.25. The fourth-order valence-electron chi connectivity index (χ4n) is 4.08. The first-order valence-corrected chi connectivity index (χ1v) is 10.4. The van der Waals surface area contributed by atoms with Crippen molar-refractivity contribution in [2.45, 2.75) is 55.9 Å². The van der Waals surface area contributed by atoms with E-state index < -0.39 is 9.84 Å². The summed E-state index contributed by atoms with van der Waals surface area (Å²) in [5.74, 6) is 0. The van der Waals surface area contributed by atoms with Gasteiger partial charge in [-0.05, 0) is 45.1 Å². The van der Waals surface area contributed by atoms with Crippen LogP contribution in [-0.2, 0) is 9.84 Å². The van der Waals surface area contributed by atoms with E-state index in [1.165, 1.54) is 25.6 Å². The van der Waals surface area contributed by atoms with Gasteiger partial charge in [0.05, 0.1) is 5.25 Å². The molecule has 2 aliphatic heterocycles. The number of fused-ring (bicyclic) bond motifs is 1. The summed E-state index contributed by atoms with van der Waals surface area (Å²) in [6.45, 7) is 3.81. The molecule has 0 spiro atoms. The number of nitrogens with zero attached hydrogens (tertiary/aromatic N) is 2. The van der Waals surface area contributed by atoms with Crippen LogP contribution in [0.15, 0.2) is 0 Å². The van der Waals surface area contributed by atoms with Crippen molar-refractivity contribution >= 4 is 15.9 Å². The second kappa shape index (κ2) is 6.35. The number of nitrogens with one attached hydrogen (secondary N) is 1. The predicted molar refractivity (Wildman–Crippen MR) is 85.6 cm³/mol. The number of carbonyl (C=O) groups excluding carboxylic acids is 1. The van der Waals surface area contributed by atoms with Gasteiger partial charge in [-0.1, -0.05) is 0 Å². The van der Waals surface area contributed by atoms with Gasteiger partial charge >= 0.3 is 6.03 Å². The van der Waals surface area contributed by atoms with Gasteiger partial charge in [0.25, 0.3) is 0 Å². The van der Waals surface area contributed by atoms with E-state index in [4.69, 9.17) is 0 Å². The minimum absolute atomic E-state index is 0.0364. The fourth-order valence-corrected chi connectivity index (χ4v) is 5.21. The zero-order valence-electron chi connectivity index (χ0n) is 13.3. The number of urea groups is 1. The van der Waals surface area contributed by atoms with Crippen LogP contribution in [0, 0.1) is 0 Å². The molecule has 22 heavy (non-hydrogen) atoms. The van der Waals surface area contributed by atoms with Gasteiger partial charge in [0.15, 0.2) is 0 Å². The zero-order chi connectivity index (χ0) is 15.7. The first kappa shape index (κ1) is 16.1. The zero-order valence-corrected chi connectivity index (χ0v) is 14.1. The molecule has 6 nitrogen and oxygen atoms in total. The van der Waals surface area contributed by atoms with Crippen molar-refractivity contribution in [3.8, 4) is 0 Å². The Morgan fingerprint density at radius 3 is 2.45 bits per heavy atom. The van der Waals surface area contributed by atoms with E-state index in [1.807, 2.05) is 4.90 Å². The number of hydrogen-bond donors (Lipinski definition) is 1. The molecule has 2 saturated heterocycles. The number of piperazine rings is 1. The topological polar surface area (TPSA) is 69.7 Å². The van der Waals surface area contributed by atoms with Crippen LogP contribution < -0.4 is 5.32 Å². The van der Waals surface area contributed by atoms with Gasteiger partial charge in [0.1, 0.15) is 9.84 Å². The molecule has 1 atom stereocenters. The molecule has 0 radical (unpaired) electrons. The molecule has 3 fully saturated rings. The Hall–Kier alpha value is -0.820. The minimum atomic E-state index is -2.94. The van der Waals surface area contributed by atoms with Crippen molar-refractivity contribution in [2.24, 2.45) is 0 Å². The summed E-state index contributed by atoms with van der Waals surface area (Å²) < 4.78 is 23.1. The van der Waals surface area contributed by atoms with E-state index in [1.54, 1.807) is 0 Å². The molecule has 1 unspecified atom stereocenters. The van der Waals surface area contributed by atoms with Crippen molar-refractivity contribution in [3.05, 3.63) is 0 Å². The van der Waals surface area contributed by atoms with Crippen LogP contribution in [0.4, 0.5) is 4.79 Å². The van der Waals surface area contributed by atoms with Crippen molar-refractivity contribution in [1.82, 2.24) is 15.1 Å². The highest BCUT2D eigenvalue weighted by molar-refractivity contribution is 7.91. The number of sulfone groups is 1. The highest BCUT2D eigenvalue weighted by Gasteiger charge is 2.34. The number of carbonyl (C=O) groups is 1. The van der Waals surface area contributed by atoms with Crippen LogP contribution in [-0.4, -0.2) is 74.0 Å². The van der Waals surface area contributed by atoms with Crippen LogP contribution in [0.1, 0.15) is 38.5 Å². The molecule has 2 amide bonds. The van der Waals surface area contributed by atoms with Crippen LogP contribution in [0.2, 0.25) is 0 Å². The van der Waals surface area contributed by atoms with E-state index in [0.717, 1.165) is 32.5 Å². The van der Waals surface area contributed by atoms with Crippen molar-refractivity contribution in [1.29, 1.82) is 0 Å². The largest absolute Gasteiger partial charge is 0.335 e. The standard InChI is InChI=1S/C15H27N3O3S/c1-22(20,21)14-6-4-12(5-7-14)16-15(19)18-10-9-17-8-2-3-13(17)11-18/h12-14H,2-11H2,1H3,(H,16,19). The average Bonchev–Trinajstić information content (AvgIpc) is 2.94. The number of rotatable bonds is 2. The van der Waals surface area contributed by atoms with Crippen molar-refractivity contribution in [2.75, 3.05) is 32.4 Å². The summed E-state index contributed by atoms with van der Waals surface area (Å²) in [7, 11) is -2.94. The molecule has 0 aromatic rings. The Morgan fingerprint density at radius 2 is 1.77 bits per heavy atom. The molecule has 0 bridgehead atoms. The quantitative estimate of drug-likeness (QED) is 0.815. The highest BCUT2D eigenvalue weighted by atomic mass is 32.2. The first-order valence-electron chi connectivity index (χ1n) is 8.42. The molecule has 7 heteroatoms. The maximum atomic E-state index is 12.4. The first-order chi connectivity index (χ1) is 10.4. The fraction of sp³-hybridized carbons (Fsp3) is 0.933. The lowest BCUT2D eigenvalue weighted by molar-refractivity contribution is 0.115. The maximum Gasteiger partial charge on any atom is 0.317 e. The summed E-state index contributed by atoms with van der Waals surface area (Å²) in [6.07, 6.45) is 6.64. The van der Waals surface area contributed by atoms with Gasteiger partial charge < -0.3 is 10.2 Å².